The summed E-state index contributed by atoms with van der Waals surface area (Å²) in [7, 11) is 0. The van der Waals surface area contributed by atoms with Gasteiger partial charge in [0, 0.05) is 6.07 Å². The van der Waals surface area contributed by atoms with E-state index < -0.39 is 0 Å². The molecular weight excluding hydrogens is 296 g/mol. The van der Waals surface area contributed by atoms with Crippen LogP contribution < -0.4 is 5.32 Å². The molecule has 0 spiro atoms. The Hall–Kier alpha value is -1.97. The van der Waals surface area contributed by atoms with Crippen molar-refractivity contribution in [2.45, 2.75) is 44.6 Å². The molecule has 1 aromatic heterocycles. The molecule has 0 saturated heterocycles. The fourth-order valence-corrected chi connectivity index (χ4v) is 6.23. The van der Waals surface area contributed by atoms with E-state index in [1.54, 1.807) is 6.20 Å². The molecule has 2 aromatic rings. The van der Waals surface area contributed by atoms with Crippen molar-refractivity contribution in [1.82, 2.24) is 15.4 Å². The third-order valence-corrected chi connectivity index (χ3v) is 6.63. The molecule has 4 aliphatic carbocycles. The van der Waals surface area contributed by atoms with Crippen molar-refractivity contribution in [3.8, 4) is 0 Å². The minimum atomic E-state index is 0.323. The first kappa shape index (κ1) is 14.4. The van der Waals surface area contributed by atoms with Crippen LogP contribution in [0, 0.1) is 23.2 Å². The summed E-state index contributed by atoms with van der Waals surface area (Å²) in [5, 5.41) is 15.6. The van der Waals surface area contributed by atoms with Gasteiger partial charge in [-0.05, 0) is 72.5 Å². The summed E-state index contributed by atoms with van der Waals surface area (Å²) in [5.41, 5.74) is 1.76. The lowest BCUT2D eigenvalue weighted by molar-refractivity contribution is -0.0640. The van der Waals surface area contributed by atoms with Gasteiger partial charge in [0.15, 0.2) is 5.82 Å². The molecule has 4 nitrogen and oxygen atoms in total. The highest BCUT2D eigenvalue weighted by Gasteiger charge is 2.54. The highest BCUT2D eigenvalue weighted by Crippen LogP contribution is 2.64. The van der Waals surface area contributed by atoms with Crippen molar-refractivity contribution in [3.63, 3.8) is 0 Å². The van der Waals surface area contributed by atoms with Crippen LogP contribution in [-0.2, 0) is 0 Å². The molecule has 1 unspecified atom stereocenters. The summed E-state index contributed by atoms with van der Waals surface area (Å²) in [6.07, 6.45) is 10.2. The van der Waals surface area contributed by atoms with Gasteiger partial charge in [0.2, 0.25) is 0 Å². The lowest BCUT2D eigenvalue weighted by atomic mass is 9.47. The first-order valence-corrected chi connectivity index (χ1v) is 9.27. The van der Waals surface area contributed by atoms with E-state index in [2.05, 4.69) is 51.1 Å². The van der Waals surface area contributed by atoms with Crippen molar-refractivity contribution < 1.29 is 0 Å². The number of anilines is 1. The maximum atomic E-state index is 4.20. The molecule has 0 radical (unpaired) electrons. The third kappa shape index (κ3) is 2.40. The Balaban J connectivity index is 1.54. The van der Waals surface area contributed by atoms with Gasteiger partial charge in [0.05, 0.1) is 12.2 Å². The topological polar surface area (TPSA) is 50.7 Å². The zero-order valence-electron chi connectivity index (χ0n) is 13.9. The Labute approximate surface area is 143 Å². The molecule has 0 aliphatic heterocycles. The number of benzene rings is 1. The first-order chi connectivity index (χ1) is 11.8. The molecule has 0 amide bonds. The number of nitrogens with one attached hydrogen (secondary N) is 1. The maximum Gasteiger partial charge on any atom is 0.152 e. The summed E-state index contributed by atoms with van der Waals surface area (Å²) in [6, 6.07) is 13.2. The Morgan fingerprint density at radius 2 is 1.58 bits per heavy atom. The lowest BCUT2D eigenvalue weighted by Crippen LogP contribution is -2.50. The minimum Gasteiger partial charge on any atom is -0.361 e. The van der Waals surface area contributed by atoms with E-state index in [-0.39, 0.29) is 0 Å². The van der Waals surface area contributed by atoms with Crippen molar-refractivity contribution in [2.24, 2.45) is 23.2 Å². The van der Waals surface area contributed by atoms with E-state index in [0.717, 1.165) is 23.6 Å². The fraction of sp³-hybridized carbons (Fsp3) is 0.550. The minimum absolute atomic E-state index is 0.323. The van der Waals surface area contributed by atoms with Crippen LogP contribution in [0.4, 0.5) is 5.82 Å². The van der Waals surface area contributed by atoms with E-state index in [1.165, 1.54) is 44.1 Å². The summed E-state index contributed by atoms with van der Waals surface area (Å²) in [5.74, 6) is 3.66. The quantitative estimate of drug-likeness (QED) is 0.915. The van der Waals surface area contributed by atoms with Crippen LogP contribution in [0.25, 0.3) is 0 Å². The monoisotopic (exact) mass is 320 g/mol. The molecule has 1 heterocycles. The predicted octanol–water partition coefficient (Wildman–Crippen LogP) is 4.24. The zero-order valence-corrected chi connectivity index (χ0v) is 13.9. The molecule has 4 fully saturated rings. The van der Waals surface area contributed by atoms with E-state index in [0.29, 0.717) is 11.5 Å². The largest absolute Gasteiger partial charge is 0.361 e. The standard InChI is InChI=1S/C20H24N4/c1-2-4-17(5-3-1)19(22-18-6-7-21-24-23-18)20-11-14-8-15(12-20)10-16(9-14)13-20/h1-7,14-16,19H,8-13H2,(H,21,22,23). The Morgan fingerprint density at radius 1 is 0.917 bits per heavy atom. The van der Waals surface area contributed by atoms with Crippen molar-refractivity contribution >= 4 is 5.82 Å². The van der Waals surface area contributed by atoms with E-state index in [9.17, 15) is 0 Å². The molecule has 1 atom stereocenters. The molecule has 24 heavy (non-hydrogen) atoms. The molecule has 124 valence electrons. The number of nitrogens with zero attached hydrogens (tertiary/aromatic N) is 3. The first-order valence-electron chi connectivity index (χ1n) is 9.27. The number of rotatable bonds is 4. The number of hydrogen-bond donors (Lipinski definition) is 1. The van der Waals surface area contributed by atoms with E-state index in [4.69, 9.17) is 0 Å². The molecule has 4 saturated carbocycles. The Bertz CT molecular complexity index is 665. The normalized spacial score (nSPS) is 34.9. The second kappa shape index (κ2) is 5.54. The molecule has 1 N–H and O–H groups in total. The summed E-state index contributed by atoms with van der Waals surface area (Å²) < 4.78 is 0. The van der Waals surface area contributed by atoms with Gasteiger partial charge in [-0.2, -0.15) is 0 Å². The predicted molar refractivity (Wildman–Crippen MR) is 93.2 cm³/mol. The second-order valence-electron chi connectivity index (χ2n) is 8.27. The van der Waals surface area contributed by atoms with Crippen LogP contribution in [0.15, 0.2) is 42.6 Å². The fourth-order valence-electron chi connectivity index (χ4n) is 6.23. The van der Waals surface area contributed by atoms with Crippen LogP contribution in [0.3, 0.4) is 0 Å². The van der Waals surface area contributed by atoms with E-state index in [1.807, 2.05) is 6.07 Å². The SMILES string of the molecule is c1ccc(C(Nc2ccnnn2)C23CC4CC(CC(C4)C2)C3)cc1. The Morgan fingerprint density at radius 3 is 2.17 bits per heavy atom. The maximum absolute atomic E-state index is 4.20. The summed E-state index contributed by atoms with van der Waals surface area (Å²) in [4.78, 5) is 0. The molecule has 6 rings (SSSR count). The summed E-state index contributed by atoms with van der Waals surface area (Å²) in [6.45, 7) is 0. The smallest absolute Gasteiger partial charge is 0.152 e. The molecule has 1 aromatic carbocycles. The van der Waals surface area contributed by atoms with Gasteiger partial charge >= 0.3 is 0 Å². The van der Waals surface area contributed by atoms with Gasteiger partial charge < -0.3 is 5.32 Å². The van der Waals surface area contributed by atoms with Gasteiger partial charge in [-0.25, -0.2) is 0 Å². The van der Waals surface area contributed by atoms with Crippen LogP contribution in [0.2, 0.25) is 0 Å². The Kier molecular flexibility index (Phi) is 3.32. The highest BCUT2D eigenvalue weighted by atomic mass is 15.3. The molecule has 4 heteroatoms. The molecule has 4 aliphatic rings. The van der Waals surface area contributed by atoms with Gasteiger partial charge in [-0.3, -0.25) is 0 Å². The average Bonchev–Trinajstić information content (AvgIpc) is 2.60. The molecular formula is C20H24N4. The van der Waals surface area contributed by atoms with Crippen LogP contribution in [0.5, 0.6) is 0 Å². The third-order valence-electron chi connectivity index (χ3n) is 6.63. The van der Waals surface area contributed by atoms with Gasteiger partial charge in [0.25, 0.3) is 0 Å². The van der Waals surface area contributed by atoms with Gasteiger partial charge in [0.1, 0.15) is 0 Å². The van der Waals surface area contributed by atoms with Crippen LogP contribution in [0.1, 0.15) is 50.1 Å². The van der Waals surface area contributed by atoms with Crippen molar-refractivity contribution in [1.29, 1.82) is 0 Å². The van der Waals surface area contributed by atoms with E-state index >= 15 is 0 Å². The van der Waals surface area contributed by atoms with Gasteiger partial charge in [-0.1, -0.05) is 30.3 Å². The highest BCUT2D eigenvalue weighted by molar-refractivity contribution is 5.38. The zero-order chi connectivity index (χ0) is 16.0. The summed E-state index contributed by atoms with van der Waals surface area (Å²) >= 11 is 0. The van der Waals surface area contributed by atoms with Crippen LogP contribution in [-0.4, -0.2) is 15.4 Å². The number of aromatic nitrogens is 3. The van der Waals surface area contributed by atoms with Crippen molar-refractivity contribution in [3.05, 3.63) is 48.2 Å². The number of hydrogen-bond acceptors (Lipinski definition) is 4. The lowest BCUT2D eigenvalue weighted by Gasteiger charge is -2.59. The average molecular weight is 320 g/mol. The molecule has 4 bridgehead atoms. The van der Waals surface area contributed by atoms with Crippen LogP contribution >= 0.6 is 0 Å². The van der Waals surface area contributed by atoms with Gasteiger partial charge in [-0.15, -0.1) is 10.2 Å². The van der Waals surface area contributed by atoms with Crippen molar-refractivity contribution in [2.75, 3.05) is 5.32 Å². The second-order valence-corrected chi connectivity index (χ2v) is 8.27.